The van der Waals surface area contributed by atoms with Gasteiger partial charge in [0.25, 0.3) is 0 Å². The van der Waals surface area contributed by atoms with Crippen LogP contribution in [0, 0.1) is 11.8 Å². The van der Waals surface area contributed by atoms with Gasteiger partial charge in [-0.15, -0.1) is 0 Å². The van der Waals surface area contributed by atoms with E-state index < -0.39 is 0 Å². The summed E-state index contributed by atoms with van der Waals surface area (Å²) in [6.07, 6.45) is 1.38. The van der Waals surface area contributed by atoms with E-state index in [9.17, 15) is 9.59 Å². The van der Waals surface area contributed by atoms with Crippen LogP contribution in [0.1, 0.15) is 54.4 Å². The molecule has 0 radical (unpaired) electrons. The van der Waals surface area contributed by atoms with Gasteiger partial charge in [-0.25, -0.2) is 0 Å². The molecule has 0 bridgehead atoms. The van der Waals surface area contributed by atoms with Gasteiger partial charge in [-0.05, 0) is 0 Å². The van der Waals surface area contributed by atoms with Crippen molar-refractivity contribution in [2.24, 2.45) is 11.8 Å². The number of carbonyl (C=O) groups is 2. The van der Waals surface area contributed by atoms with Crippen LogP contribution in [0.5, 0.6) is 0 Å². The maximum Gasteiger partial charge on any atom is 0.137 e. The molecule has 0 spiro atoms. The lowest BCUT2D eigenvalue weighted by Gasteiger charge is -2.05. The van der Waals surface area contributed by atoms with Crippen LogP contribution >= 0.6 is 0 Å². The first-order valence-electron chi connectivity index (χ1n) is 5.42. The van der Waals surface area contributed by atoms with Gasteiger partial charge in [0.2, 0.25) is 0 Å². The second-order valence-electron chi connectivity index (χ2n) is 3.96. The third-order valence-corrected chi connectivity index (χ3v) is 1.93. The molecule has 0 aliphatic rings. The lowest BCUT2D eigenvalue weighted by molar-refractivity contribution is -0.124. The van der Waals surface area contributed by atoms with E-state index in [0.717, 1.165) is 0 Å². The third kappa shape index (κ3) is 9.43. The Labute approximate surface area is 88.1 Å². The Morgan fingerprint density at radius 1 is 0.857 bits per heavy atom. The SMILES string of the molecule is CC(C)C(=O)C(C)C.CCC(=O)CC. The predicted octanol–water partition coefficient (Wildman–Crippen LogP) is 3.24. The summed E-state index contributed by atoms with van der Waals surface area (Å²) in [4.78, 5) is 21.0. The summed E-state index contributed by atoms with van der Waals surface area (Å²) < 4.78 is 0. The van der Waals surface area contributed by atoms with E-state index in [0.29, 0.717) is 24.4 Å². The van der Waals surface area contributed by atoms with Gasteiger partial charge in [0.05, 0.1) is 0 Å². The molecule has 0 aromatic rings. The van der Waals surface area contributed by atoms with Crippen LogP contribution in [0.4, 0.5) is 0 Å². The summed E-state index contributed by atoms with van der Waals surface area (Å²) in [5.41, 5.74) is 0. The molecule has 2 heteroatoms. The van der Waals surface area contributed by atoms with Gasteiger partial charge in [0, 0.05) is 24.7 Å². The second-order valence-corrected chi connectivity index (χ2v) is 3.96. The summed E-state index contributed by atoms with van der Waals surface area (Å²) >= 11 is 0. The van der Waals surface area contributed by atoms with Crippen molar-refractivity contribution in [1.82, 2.24) is 0 Å². The van der Waals surface area contributed by atoms with Gasteiger partial charge >= 0.3 is 0 Å². The summed E-state index contributed by atoms with van der Waals surface area (Å²) in [5.74, 6) is 1.10. The predicted molar refractivity (Wildman–Crippen MR) is 60.3 cm³/mol. The Bertz CT molecular complexity index is 153. The van der Waals surface area contributed by atoms with Crippen molar-refractivity contribution in [2.75, 3.05) is 0 Å². The Morgan fingerprint density at radius 2 is 1.14 bits per heavy atom. The fraction of sp³-hybridized carbons (Fsp3) is 0.833. The average Bonchev–Trinajstić information content (AvgIpc) is 2.15. The maximum absolute atomic E-state index is 10.8. The molecule has 0 aliphatic carbocycles. The molecule has 14 heavy (non-hydrogen) atoms. The highest BCUT2D eigenvalue weighted by atomic mass is 16.1. The zero-order valence-electron chi connectivity index (χ0n) is 10.4. The first kappa shape index (κ1) is 15.8. The van der Waals surface area contributed by atoms with E-state index in [4.69, 9.17) is 0 Å². The molecule has 0 aromatic carbocycles. The molecule has 0 amide bonds. The zero-order chi connectivity index (χ0) is 11.7. The Morgan fingerprint density at radius 3 is 1.14 bits per heavy atom. The fourth-order valence-corrected chi connectivity index (χ4v) is 0.917. The molecule has 0 atom stereocenters. The molecule has 0 unspecified atom stereocenters. The molecule has 2 nitrogen and oxygen atoms in total. The first-order chi connectivity index (χ1) is 6.36. The number of hydrogen-bond acceptors (Lipinski definition) is 2. The minimum Gasteiger partial charge on any atom is -0.300 e. The van der Waals surface area contributed by atoms with Crippen molar-refractivity contribution in [1.29, 1.82) is 0 Å². The molecule has 0 saturated heterocycles. The van der Waals surface area contributed by atoms with Crippen LogP contribution in [0.2, 0.25) is 0 Å². The number of hydrogen-bond donors (Lipinski definition) is 0. The highest BCUT2D eigenvalue weighted by Gasteiger charge is 2.09. The standard InChI is InChI=1S/C7H14O.C5H10O/c1-5(2)7(8)6(3)4;1-3-5(6)4-2/h5-6H,1-4H3;3-4H2,1-2H3. The highest BCUT2D eigenvalue weighted by molar-refractivity contribution is 5.82. The lowest BCUT2D eigenvalue weighted by Crippen LogP contribution is -2.13. The van der Waals surface area contributed by atoms with Crippen molar-refractivity contribution >= 4 is 11.6 Å². The highest BCUT2D eigenvalue weighted by Crippen LogP contribution is 2.03. The van der Waals surface area contributed by atoms with Crippen molar-refractivity contribution in [3.63, 3.8) is 0 Å². The van der Waals surface area contributed by atoms with Crippen LogP contribution in [0.15, 0.2) is 0 Å². The Balaban J connectivity index is 0. The molecular weight excluding hydrogens is 176 g/mol. The summed E-state index contributed by atoms with van der Waals surface area (Å²) in [7, 11) is 0. The molecule has 0 saturated carbocycles. The topological polar surface area (TPSA) is 34.1 Å². The summed E-state index contributed by atoms with van der Waals surface area (Å²) in [6.45, 7) is 11.5. The van der Waals surface area contributed by atoms with Gasteiger partial charge in [-0.1, -0.05) is 41.5 Å². The van der Waals surface area contributed by atoms with Gasteiger partial charge in [0.15, 0.2) is 0 Å². The van der Waals surface area contributed by atoms with Crippen LogP contribution in [-0.2, 0) is 9.59 Å². The van der Waals surface area contributed by atoms with Crippen LogP contribution in [0.3, 0.4) is 0 Å². The smallest absolute Gasteiger partial charge is 0.137 e. The maximum atomic E-state index is 10.8. The van der Waals surface area contributed by atoms with Crippen molar-refractivity contribution in [3.8, 4) is 0 Å². The monoisotopic (exact) mass is 200 g/mol. The van der Waals surface area contributed by atoms with E-state index >= 15 is 0 Å². The quantitative estimate of drug-likeness (QED) is 0.698. The zero-order valence-corrected chi connectivity index (χ0v) is 10.4. The fourth-order valence-electron chi connectivity index (χ4n) is 0.917. The van der Waals surface area contributed by atoms with Crippen molar-refractivity contribution < 1.29 is 9.59 Å². The average molecular weight is 200 g/mol. The largest absolute Gasteiger partial charge is 0.300 e. The van der Waals surface area contributed by atoms with Gasteiger partial charge < -0.3 is 0 Å². The number of ketones is 2. The normalized spacial score (nSPS) is 9.71. The number of carbonyl (C=O) groups excluding carboxylic acids is 2. The molecular formula is C12H24O2. The molecule has 0 aliphatic heterocycles. The van der Waals surface area contributed by atoms with Crippen LogP contribution in [0.25, 0.3) is 0 Å². The number of rotatable bonds is 4. The number of Topliss-reactive ketones (excluding diaryl/α,β-unsaturated/α-hetero) is 2. The Hall–Kier alpha value is -0.660. The minimum absolute atomic E-state index is 0.204. The van der Waals surface area contributed by atoms with Gasteiger partial charge in [0.1, 0.15) is 11.6 Å². The van der Waals surface area contributed by atoms with Crippen LogP contribution < -0.4 is 0 Å². The van der Waals surface area contributed by atoms with Crippen molar-refractivity contribution in [2.45, 2.75) is 54.4 Å². The first-order valence-corrected chi connectivity index (χ1v) is 5.42. The molecule has 0 aromatic heterocycles. The molecule has 0 N–H and O–H groups in total. The molecule has 0 fully saturated rings. The lowest BCUT2D eigenvalue weighted by atomic mass is 9.99. The molecule has 0 heterocycles. The summed E-state index contributed by atoms with van der Waals surface area (Å²) in [5, 5.41) is 0. The third-order valence-electron chi connectivity index (χ3n) is 1.93. The summed E-state index contributed by atoms with van der Waals surface area (Å²) in [6, 6.07) is 0. The van der Waals surface area contributed by atoms with E-state index in [-0.39, 0.29) is 11.8 Å². The van der Waals surface area contributed by atoms with E-state index in [2.05, 4.69) is 0 Å². The van der Waals surface area contributed by atoms with Crippen molar-refractivity contribution in [3.05, 3.63) is 0 Å². The molecule has 0 rings (SSSR count). The Kier molecular flexibility index (Phi) is 10.1. The van der Waals surface area contributed by atoms with E-state index in [1.165, 1.54) is 0 Å². The van der Waals surface area contributed by atoms with E-state index in [1.807, 2.05) is 41.5 Å². The minimum atomic E-state index is 0.204. The van der Waals surface area contributed by atoms with Crippen LogP contribution in [-0.4, -0.2) is 11.6 Å². The molecule has 84 valence electrons. The van der Waals surface area contributed by atoms with Gasteiger partial charge in [-0.3, -0.25) is 9.59 Å². The second kappa shape index (κ2) is 8.92. The van der Waals surface area contributed by atoms with E-state index in [1.54, 1.807) is 0 Å². The van der Waals surface area contributed by atoms with Gasteiger partial charge in [-0.2, -0.15) is 0 Å².